The van der Waals surface area contributed by atoms with Crippen molar-refractivity contribution in [3.8, 4) is 0 Å². The highest BCUT2D eigenvalue weighted by atomic mass is 16.4. The van der Waals surface area contributed by atoms with E-state index in [0.717, 1.165) is 32.9 Å². The number of nitrogens with one attached hydrogen (secondary N) is 2. The number of para-hydroxylation sites is 2. The van der Waals surface area contributed by atoms with Crippen molar-refractivity contribution < 1.29 is 19.8 Å². The van der Waals surface area contributed by atoms with Gasteiger partial charge in [0.1, 0.15) is 6.04 Å². The number of fused-ring (bicyclic) bond motifs is 2. The lowest BCUT2D eigenvalue weighted by Crippen LogP contribution is -2.32. The number of hydrogen-bond donors (Lipinski definition) is 5. The summed E-state index contributed by atoms with van der Waals surface area (Å²) in [5.74, 6) is -1.77. The number of carbonyl (C=O) groups is 2. The summed E-state index contributed by atoms with van der Waals surface area (Å²) in [6, 6.07) is 14.6. The maximum Gasteiger partial charge on any atom is 0.320 e. The van der Waals surface area contributed by atoms with Crippen LogP contribution in [0.2, 0.25) is 0 Å². The molecule has 0 saturated carbocycles. The zero-order valence-electron chi connectivity index (χ0n) is 15.1. The monoisotopic (exact) mass is 379 g/mol. The van der Waals surface area contributed by atoms with Crippen LogP contribution in [0.25, 0.3) is 21.8 Å². The lowest BCUT2D eigenvalue weighted by molar-refractivity contribution is -0.138. The Bertz CT molecular complexity index is 1110. The number of aromatic nitrogens is 2. The molecule has 144 valence electrons. The summed E-state index contributed by atoms with van der Waals surface area (Å²) in [7, 11) is 0. The molecule has 28 heavy (non-hydrogen) atoms. The van der Waals surface area contributed by atoms with Gasteiger partial charge in [-0.05, 0) is 23.3 Å². The highest BCUT2D eigenvalue weighted by Crippen LogP contribution is 2.19. The fourth-order valence-corrected chi connectivity index (χ4v) is 3.07. The molecule has 4 aromatic rings. The summed E-state index contributed by atoms with van der Waals surface area (Å²) in [6.07, 6.45) is 3.98. The van der Waals surface area contributed by atoms with Crippen LogP contribution in [0.1, 0.15) is 11.1 Å². The van der Waals surface area contributed by atoms with Gasteiger partial charge in [0.05, 0.1) is 6.42 Å². The third kappa shape index (κ3) is 4.39. The molecular formula is C21H21N3O4. The zero-order chi connectivity index (χ0) is 20.1. The predicted molar refractivity (Wildman–Crippen MR) is 107 cm³/mol. The van der Waals surface area contributed by atoms with Crippen LogP contribution >= 0.6 is 0 Å². The van der Waals surface area contributed by atoms with E-state index in [-0.39, 0.29) is 6.42 Å². The minimum absolute atomic E-state index is 0.0734. The van der Waals surface area contributed by atoms with E-state index in [2.05, 4.69) is 9.97 Å². The Labute approximate surface area is 160 Å². The van der Waals surface area contributed by atoms with E-state index in [0.29, 0.717) is 6.42 Å². The molecule has 0 aliphatic heterocycles. The maximum absolute atomic E-state index is 10.6. The van der Waals surface area contributed by atoms with Crippen molar-refractivity contribution >= 4 is 33.7 Å². The highest BCUT2D eigenvalue weighted by molar-refractivity contribution is 5.87. The third-order valence-corrected chi connectivity index (χ3v) is 4.45. The van der Waals surface area contributed by atoms with Crippen LogP contribution in [0.4, 0.5) is 0 Å². The first kappa shape index (κ1) is 19.2. The van der Waals surface area contributed by atoms with Gasteiger partial charge in [0.25, 0.3) is 0 Å². The molecule has 0 aliphatic carbocycles. The lowest BCUT2D eigenvalue weighted by atomic mass is 10.1. The molecule has 0 bridgehead atoms. The number of benzene rings is 2. The smallest absolute Gasteiger partial charge is 0.320 e. The molecule has 7 nitrogen and oxygen atoms in total. The fourth-order valence-electron chi connectivity index (χ4n) is 3.07. The topological polar surface area (TPSA) is 132 Å². The van der Waals surface area contributed by atoms with Crippen LogP contribution in [0.3, 0.4) is 0 Å². The first-order chi connectivity index (χ1) is 13.5. The molecule has 0 aliphatic rings. The Morgan fingerprint density at radius 2 is 1.36 bits per heavy atom. The average molecular weight is 379 g/mol. The normalized spacial score (nSPS) is 11.8. The summed E-state index contributed by atoms with van der Waals surface area (Å²) in [4.78, 5) is 27.2. The maximum atomic E-state index is 10.6. The Kier molecular flexibility index (Phi) is 5.76. The van der Waals surface area contributed by atoms with E-state index in [4.69, 9.17) is 15.9 Å². The number of nitrogens with two attached hydrogens (primary N) is 1. The largest absolute Gasteiger partial charge is 0.481 e. The molecule has 1 unspecified atom stereocenters. The van der Waals surface area contributed by atoms with Gasteiger partial charge in [0.15, 0.2) is 0 Å². The second-order valence-electron chi connectivity index (χ2n) is 6.44. The summed E-state index contributed by atoms with van der Waals surface area (Å²) in [6.45, 7) is 0. The first-order valence-electron chi connectivity index (χ1n) is 8.76. The van der Waals surface area contributed by atoms with Gasteiger partial charge in [0.2, 0.25) is 0 Å². The first-order valence-corrected chi connectivity index (χ1v) is 8.76. The van der Waals surface area contributed by atoms with Gasteiger partial charge < -0.3 is 25.9 Å². The number of hydrogen-bond acceptors (Lipinski definition) is 3. The zero-order valence-corrected chi connectivity index (χ0v) is 15.1. The van der Waals surface area contributed by atoms with E-state index in [1.54, 1.807) is 6.20 Å². The number of H-pyrrole nitrogens is 2. The van der Waals surface area contributed by atoms with Crippen LogP contribution in [0.15, 0.2) is 60.9 Å². The second-order valence-corrected chi connectivity index (χ2v) is 6.44. The Balaban J connectivity index is 0.000000162. The lowest BCUT2D eigenvalue weighted by Gasteiger charge is -2.04. The molecular weight excluding hydrogens is 358 g/mol. The van der Waals surface area contributed by atoms with Crippen molar-refractivity contribution in [1.82, 2.24) is 9.97 Å². The number of aliphatic carboxylic acids is 2. The van der Waals surface area contributed by atoms with Gasteiger partial charge in [-0.1, -0.05) is 36.4 Å². The van der Waals surface area contributed by atoms with Gasteiger partial charge in [-0.15, -0.1) is 0 Å². The molecule has 6 N–H and O–H groups in total. The molecule has 0 amide bonds. The second kappa shape index (κ2) is 8.41. The van der Waals surface area contributed by atoms with Gasteiger partial charge in [-0.25, -0.2) is 0 Å². The van der Waals surface area contributed by atoms with Crippen molar-refractivity contribution in [2.24, 2.45) is 5.73 Å². The molecule has 0 spiro atoms. The molecule has 1 atom stereocenters. The fraction of sp³-hybridized carbons (Fsp3) is 0.143. The van der Waals surface area contributed by atoms with E-state index in [9.17, 15) is 9.59 Å². The standard InChI is InChI=1S/C11H12N2O2.C10H9NO2/c12-9(11(14)15)5-7-6-13-10-4-2-1-3-8(7)10;12-10(13)5-7-6-11-9-4-2-1-3-8(7)9/h1-4,6,9,13H,5,12H2,(H,14,15);1-4,6,11H,5H2,(H,12,13). The molecule has 4 rings (SSSR count). The van der Waals surface area contributed by atoms with Crippen LogP contribution in [-0.2, 0) is 22.4 Å². The molecule has 2 aromatic heterocycles. The van der Waals surface area contributed by atoms with Gasteiger partial charge in [-0.2, -0.15) is 0 Å². The van der Waals surface area contributed by atoms with Crippen LogP contribution < -0.4 is 5.73 Å². The Hall–Kier alpha value is -3.58. The molecule has 0 fully saturated rings. The van der Waals surface area contributed by atoms with Crippen LogP contribution in [0, 0.1) is 0 Å². The van der Waals surface area contributed by atoms with Gasteiger partial charge in [-0.3, -0.25) is 9.59 Å². The van der Waals surface area contributed by atoms with E-state index in [1.807, 2.05) is 54.7 Å². The molecule has 2 heterocycles. The summed E-state index contributed by atoms with van der Waals surface area (Å²) < 4.78 is 0. The van der Waals surface area contributed by atoms with Gasteiger partial charge >= 0.3 is 11.9 Å². The van der Waals surface area contributed by atoms with Crippen molar-refractivity contribution in [1.29, 1.82) is 0 Å². The molecule has 2 aromatic carbocycles. The van der Waals surface area contributed by atoms with E-state index >= 15 is 0 Å². The number of carboxylic acid groups (broad SMARTS) is 2. The van der Waals surface area contributed by atoms with Crippen molar-refractivity contribution in [3.05, 3.63) is 72.1 Å². The summed E-state index contributed by atoms with van der Waals surface area (Å²) >= 11 is 0. The van der Waals surface area contributed by atoms with E-state index in [1.165, 1.54) is 0 Å². The highest BCUT2D eigenvalue weighted by Gasteiger charge is 2.14. The van der Waals surface area contributed by atoms with Crippen molar-refractivity contribution in [3.63, 3.8) is 0 Å². The minimum atomic E-state index is -0.972. The Morgan fingerprint density at radius 1 is 0.857 bits per heavy atom. The summed E-state index contributed by atoms with van der Waals surface area (Å²) in [5, 5.41) is 19.4. The van der Waals surface area contributed by atoms with Crippen LogP contribution in [0.5, 0.6) is 0 Å². The third-order valence-electron chi connectivity index (χ3n) is 4.45. The number of aromatic amines is 2. The van der Waals surface area contributed by atoms with Crippen LogP contribution in [-0.4, -0.2) is 38.2 Å². The van der Waals surface area contributed by atoms with Gasteiger partial charge in [0, 0.05) is 40.6 Å². The molecule has 0 radical (unpaired) electrons. The van der Waals surface area contributed by atoms with Crippen molar-refractivity contribution in [2.75, 3.05) is 0 Å². The number of rotatable bonds is 5. The SMILES string of the molecule is NC(Cc1c[nH]c2ccccc12)C(=O)O.O=C(O)Cc1c[nH]c2ccccc12. The average Bonchev–Trinajstić information content (AvgIpc) is 3.27. The summed E-state index contributed by atoms with van der Waals surface area (Å²) in [5.41, 5.74) is 9.26. The minimum Gasteiger partial charge on any atom is -0.481 e. The number of carboxylic acids is 2. The van der Waals surface area contributed by atoms with Crippen molar-refractivity contribution in [2.45, 2.75) is 18.9 Å². The Morgan fingerprint density at radius 3 is 1.89 bits per heavy atom. The molecule has 0 saturated heterocycles. The molecule has 7 heteroatoms. The quantitative estimate of drug-likeness (QED) is 0.364. The predicted octanol–water partition coefficient (Wildman–Crippen LogP) is 2.92. The van der Waals surface area contributed by atoms with E-state index < -0.39 is 18.0 Å².